The average molecular weight is 283 g/mol. The molecule has 1 aromatic rings. The van der Waals surface area contributed by atoms with Crippen molar-refractivity contribution in [2.75, 3.05) is 0 Å². The first-order valence-corrected chi connectivity index (χ1v) is 6.82. The van der Waals surface area contributed by atoms with Gasteiger partial charge in [0.2, 0.25) is 0 Å². The molecular weight excluding hydrogens is 264 g/mol. The molecule has 1 fully saturated rings. The minimum Gasteiger partial charge on any atom is -0.292 e. The predicted molar refractivity (Wildman–Crippen MR) is 70.3 cm³/mol. The van der Waals surface area contributed by atoms with E-state index >= 15 is 0 Å². The maximum absolute atomic E-state index is 4.45. The number of halogens is 1. The van der Waals surface area contributed by atoms with Crippen molar-refractivity contribution < 1.29 is 0 Å². The largest absolute Gasteiger partial charge is 0.292 e. The maximum Gasteiger partial charge on any atom is 0.0545 e. The van der Waals surface area contributed by atoms with Crippen LogP contribution in [0.5, 0.6) is 0 Å². The number of aromatic nitrogens is 1. The first-order valence-electron chi connectivity index (χ1n) is 6.03. The summed E-state index contributed by atoms with van der Waals surface area (Å²) in [6.07, 6.45) is 5.89. The summed E-state index contributed by atoms with van der Waals surface area (Å²) in [4.78, 5) is 7.02. The molecule has 1 aliphatic rings. The molecule has 0 unspecified atom stereocenters. The third-order valence-corrected chi connectivity index (χ3v) is 3.98. The van der Waals surface area contributed by atoms with Gasteiger partial charge in [0, 0.05) is 29.3 Å². The normalized spacial score (nSPS) is 26.9. The molecular formula is C13H19BrN2. The van der Waals surface area contributed by atoms with E-state index in [-0.39, 0.29) is 0 Å². The van der Waals surface area contributed by atoms with Crippen LogP contribution in [-0.2, 0) is 6.54 Å². The third-order valence-electron chi connectivity index (χ3n) is 3.51. The van der Waals surface area contributed by atoms with Crippen molar-refractivity contribution in [1.82, 2.24) is 9.88 Å². The number of rotatable bonds is 2. The van der Waals surface area contributed by atoms with Gasteiger partial charge in [-0.1, -0.05) is 6.42 Å². The quantitative estimate of drug-likeness (QED) is 0.824. The van der Waals surface area contributed by atoms with Gasteiger partial charge >= 0.3 is 0 Å². The highest BCUT2D eigenvalue weighted by Gasteiger charge is 2.24. The first-order chi connectivity index (χ1) is 7.66. The lowest BCUT2D eigenvalue weighted by Gasteiger charge is -2.38. The number of piperidine rings is 1. The summed E-state index contributed by atoms with van der Waals surface area (Å²) >= 11 is 3.42. The van der Waals surface area contributed by atoms with Crippen LogP contribution >= 0.6 is 15.9 Å². The molecule has 0 amide bonds. The second-order valence-electron chi connectivity index (χ2n) is 4.77. The standard InChI is InChI=1S/C13H19BrN2/c1-10-4-3-5-11(2)16(10)9-13-7-6-12(14)8-15-13/h6-8,10-11H,3-5,9H2,1-2H3/t10-,11+. The zero-order valence-corrected chi connectivity index (χ0v) is 11.6. The molecule has 0 bridgehead atoms. The molecule has 3 heteroatoms. The smallest absolute Gasteiger partial charge is 0.0545 e. The maximum atomic E-state index is 4.45. The summed E-state index contributed by atoms with van der Waals surface area (Å²) in [6.45, 7) is 5.64. The minimum absolute atomic E-state index is 0.689. The van der Waals surface area contributed by atoms with Gasteiger partial charge in [0.1, 0.15) is 0 Å². The van der Waals surface area contributed by atoms with Gasteiger partial charge in [-0.25, -0.2) is 0 Å². The number of pyridine rings is 1. The topological polar surface area (TPSA) is 16.1 Å². The number of hydrogen-bond acceptors (Lipinski definition) is 2. The lowest BCUT2D eigenvalue weighted by Crippen LogP contribution is -2.43. The molecule has 2 heterocycles. The van der Waals surface area contributed by atoms with Crippen molar-refractivity contribution in [3.8, 4) is 0 Å². The minimum atomic E-state index is 0.689. The molecule has 0 aromatic carbocycles. The van der Waals surface area contributed by atoms with Crippen LogP contribution in [0.25, 0.3) is 0 Å². The molecule has 1 aliphatic heterocycles. The molecule has 2 rings (SSSR count). The van der Waals surface area contributed by atoms with Crippen molar-refractivity contribution in [2.24, 2.45) is 0 Å². The Morgan fingerprint density at radius 2 is 2.00 bits per heavy atom. The van der Waals surface area contributed by atoms with Crippen molar-refractivity contribution in [1.29, 1.82) is 0 Å². The van der Waals surface area contributed by atoms with Gasteiger partial charge in [-0.05, 0) is 54.8 Å². The Morgan fingerprint density at radius 3 is 2.56 bits per heavy atom. The van der Waals surface area contributed by atoms with Crippen molar-refractivity contribution in [3.63, 3.8) is 0 Å². The van der Waals surface area contributed by atoms with Crippen molar-refractivity contribution in [3.05, 3.63) is 28.5 Å². The third kappa shape index (κ3) is 2.83. The lowest BCUT2D eigenvalue weighted by molar-refractivity contribution is 0.0938. The van der Waals surface area contributed by atoms with Gasteiger partial charge in [0.25, 0.3) is 0 Å². The summed E-state index contributed by atoms with van der Waals surface area (Å²) in [5.41, 5.74) is 1.17. The Balaban J connectivity index is 2.04. The lowest BCUT2D eigenvalue weighted by atomic mass is 9.97. The summed E-state index contributed by atoms with van der Waals surface area (Å²) in [7, 11) is 0. The van der Waals surface area contributed by atoms with Crippen LogP contribution < -0.4 is 0 Å². The van der Waals surface area contributed by atoms with E-state index in [1.807, 2.05) is 6.20 Å². The predicted octanol–water partition coefficient (Wildman–Crippen LogP) is 3.61. The molecule has 0 N–H and O–H groups in total. The SMILES string of the molecule is C[C@@H]1CCC[C@H](C)N1Cc1ccc(Br)cn1. The summed E-state index contributed by atoms with van der Waals surface area (Å²) in [5.74, 6) is 0. The average Bonchev–Trinajstić information content (AvgIpc) is 2.26. The van der Waals surface area contributed by atoms with E-state index in [4.69, 9.17) is 0 Å². The van der Waals surface area contributed by atoms with E-state index in [1.54, 1.807) is 0 Å². The molecule has 0 radical (unpaired) electrons. The molecule has 0 aliphatic carbocycles. The van der Waals surface area contributed by atoms with Gasteiger partial charge < -0.3 is 0 Å². The fraction of sp³-hybridized carbons (Fsp3) is 0.615. The molecule has 2 nitrogen and oxygen atoms in total. The van der Waals surface area contributed by atoms with E-state index in [9.17, 15) is 0 Å². The monoisotopic (exact) mass is 282 g/mol. The number of hydrogen-bond donors (Lipinski definition) is 0. The fourth-order valence-corrected chi connectivity index (χ4v) is 2.71. The highest BCUT2D eigenvalue weighted by molar-refractivity contribution is 9.10. The van der Waals surface area contributed by atoms with E-state index < -0.39 is 0 Å². The molecule has 0 spiro atoms. The molecule has 1 aromatic heterocycles. The van der Waals surface area contributed by atoms with Crippen LogP contribution in [0.15, 0.2) is 22.8 Å². The van der Waals surface area contributed by atoms with Gasteiger partial charge in [0.05, 0.1) is 5.69 Å². The second kappa shape index (κ2) is 5.28. The Morgan fingerprint density at radius 1 is 1.31 bits per heavy atom. The highest BCUT2D eigenvalue weighted by atomic mass is 79.9. The van der Waals surface area contributed by atoms with Crippen LogP contribution in [-0.4, -0.2) is 22.0 Å². The van der Waals surface area contributed by atoms with Crippen LogP contribution in [0, 0.1) is 0 Å². The van der Waals surface area contributed by atoms with Gasteiger partial charge in [0.15, 0.2) is 0 Å². The van der Waals surface area contributed by atoms with Crippen LogP contribution in [0.2, 0.25) is 0 Å². The van der Waals surface area contributed by atoms with E-state index in [0.717, 1.165) is 11.0 Å². The summed E-state index contributed by atoms with van der Waals surface area (Å²) in [5, 5.41) is 0. The van der Waals surface area contributed by atoms with Gasteiger partial charge in [-0.3, -0.25) is 9.88 Å². The molecule has 2 atom stereocenters. The van der Waals surface area contributed by atoms with Crippen LogP contribution in [0.1, 0.15) is 38.8 Å². The molecule has 0 saturated carbocycles. The Bertz CT molecular complexity index is 326. The Labute approximate surface area is 106 Å². The zero-order chi connectivity index (χ0) is 11.5. The highest BCUT2D eigenvalue weighted by Crippen LogP contribution is 2.24. The zero-order valence-electron chi connectivity index (χ0n) is 9.99. The van der Waals surface area contributed by atoms with E-state index in [2.05, 4.69) is 51.8 Å². The van der Waals surface area contributed by atoms with Gasteiger partial charge in [-0.15, -0.1) is 0 Å². The Hall–Kier alpha value is -0.410. The Kier molecular flexibility index (Phi) is 3.98. The van der Waals surface area contributed by atoms with E-state index in [1.165, 1.54) is 25.0 Å². The van der Waals surface area contributed by atoms with Crippen LogP contribution in [0.3, 0.4) is 0 Å². The van der Waals surface area contributed by atoms with Crippen molar-refractivity contribution in [2.45, 2.75) is 51.7 Å². The van der Waals surface area contributed by atoms with E-state index in [0.29, 0.717) is 12.1 Å². The summed E-state index contributed by atoms with van der Waals surface area (Å²) < 4.78 is 1.05. The molecule has 16 heavy (non-hydrogen) atoms. The summed E-state index contributed by atoms with van der Waals surface area (Å²) in [6, 6.07) is 5.56. The van der Waals surface area contributed by atoms with Crippen LogP contribution in [0.4, 0.5) is 0 Å². The molecule has 88 valence electrons. The first kappa shape index (κ1) is 12.1. The van der Waals surface area contributed by atoms with Crippen molar-refractivity contribution >= 4 is 15.9 Å². The van der Waals surface area contributed by atoms with Gasteiger partial charge in [-0.2, -0.15) is 0 Å². The second-order valence-corrected chi connectivity index (χ2v) is 5.68. The fourth-order valence-electron chi connectivity index (χ4n) is 2.47. The number of nitrogens with zero attached hydrogens (tertiary/aromatic N) is 2. The number of likely N-dealkylation sites (tertiary alicyclic amines) is 1. The molecule has 1 saturated heterocycles.